The highest BCUT2D eigenvalue weighted by atomic mass is 16.6. The van der Waals surface area contributed by atoms with Gasteiger partial charge in [-0.15, -0.1) is 0 Å². The highest BCUT2D eigenvalue weighted by Crippen LogP contribution is 2.11. The summed E-state index contributed by atoms with van der Waals surface area (Å²) in [6.07, 6.45) is 3.51. The zero-order valence-electron chi connectivity index (χ0n) is 8.06. The third-order valence-corrected chi connectivity index (χ3v) is 1.93. The zero-order valence-corrected chi connectivity index (χ0v) is 8.06. The predicted octanol–water partition coefficient (Wildman–Crippen LogP) is -0.0264. The maximum absolute atomic E-state index is 5.46. The molecule has 0 unspecified atom stereocenters. The van der Waals surface area contributed by atoms with Crippen LogP contribution in [-0.2, 0) is 11.3 Å². The highest BCUT2D eigenvalue weighted by molar-refractivity contribution is 5.07. The Morgan fingerprint density at radius 1 is 1.50 bits per heavy atom. The summed E-state index contributed by atoms with van der Waals surface area (Å²) in [5, 5.41) is 3.00. The summed E-state index contributed by atoms with van der Waals surface area (Å²) in [6.45, 7) is 2.03. The number of nitrogens with one attached hydrogen (secondary N) is 1. The van der Waals surface area contributed by atoms with E-state index in [4.69, 9.17) is 9.47 Å². The lowest BCUT2D eigenvalue weighted by Gasteiger charge is -2.25. The Bertz CT molecular complexity index is 285. The lowest BCUT2D eigenvalue weighted by atomic mass is 10.3. The van der Waals surface area contributed by atoms with Crippen molar-refractivity contribution in [2.75, 3.05) is 20.3 Å². The van der Waals surface area contributed by atoms with Crippen molar-refractivity contribution in [3.05, 3.63) is 18.1 Å². The Balaban J connectivity index is 1.91. The van der Waals surface area contributed by atoms with Gasteiger partial charge in [-0.25, -0.2) is 4.98 Å². The summed E-state index contributed by atoms with van der Waals surface area (Å²) >= 11 is 0. The third-order valence-electron chi connectivity index (χ3n) is 1.93. The van der Waals surface area contributed by atoms with E-state index in [1.165, 1.54) is 0 Å². The lowest BCUT2D eigenvalue weighted by Crippen LogP contribution is -2.38. The van der Waals surface area contributed by atoms with E-state index in [1.54, 1.807) is 12.4 Å². The molecule has 2 heterocycles. The molecule has 0 aliphatic carbocycles. The summed E-state index contributed by atoms with van der Waals surface area (Å²) in [5.74, 6) is 0.568. The molecule has 1 fully saturated rings. The van der Waals surface area contributed by atoms with Gasteiger partial charge < -0.3 is 14.8 Å². The molecular weight excluding hydrogens is 182 g/mol. The van der Waals surface area contributed by atoms with Crippen molar-refractivity contribution < 1.29 is 9.47 Å². The lowest BCUT2D eigenvalue weighted by molar-refractivity contribution is -0.0814. The van der Waals surface area contributed by atoms with Gasteiger partial charge in [0.05, 0.1) is 31.3 Å². The molecule has 1 aromatic rings. The fourth-order valence-corrected chi connectivity index (χ4v) is 1.13. The summed E-state index contributed by atoms with van der Waals surface area (Å²) in [5.41, 5.74) is 0.907. The quantitative estimate of drug-likeness (QED) is 0.731. The maximum Gasteiger partial charge on any atom is 0.232 e. The minimum absolute atomic E-state index is 0.152. The molecule has 76 valence electrons. The minimum Gasteiger partial charge on any atom is -0.468 e. The number of aromatic nitrogens is 2. The fourth-order valence-electron chi connectivity index (χ4n) is 1.13. The van der Waals surface area contributed by atoms with Crippen LogP contribution in [-0.4, -0.2) is 36.3 Å². The van der Waals surface area contributed by atoms with E-state index in [9.17, 15) is 0 Å². The normalized spacial score (nSPS) is 16.4. The standard InChI is InChI=1S/C9H13N3O2/c1-10-2-7-3-12-9(4-11-7)14-8-5-13-6-8/h3-4,8,10H,2,5-6H2,1H3. The van der Waals surface area contributed by atoms with Gasteiger partial charge in [0.2, 0.25) is 5.88 Å². The highest BCUT2D eigenvalue weighted by Gasteiger charge is 2.20. The first-order valence-electron chi connectivity index (χ1n) is 4.58. The maximum atomic E-state index is 5.46. The van der Waals surface area contributed by atoms with Gasteiger partial charge in [-0.1, -0.05) is 0 Å². The second-order valence-corrected chi connectivity index (χ2v) is 3.15. The number of nitrogens with zero attached hydrogens (tertiary/aromatic N) is 2. The van der Waals surface area contributed by atoms with E-state index in [0.29, 0.717) is 19.1 Å². The van der Waals surface area contributed by atoms with Crippen molar-refractivity contribution >= 4 is 0 Å². The van der Waals surface area contributed by atoms with Crippen LogP contribution in [0, 0.1) is 0 Å². The summed E-state index contributed by atoms with van der Waals surface area (Å²) in [4.78, 5) is 8.33. The fraction of sp³-hybridized carbons (Fsp3) is 0.556. The Kier molecular flexibility index (Phi) is 2.90. The molecule has 1 aromatic heterocycles. The van der Waals surface area contributed by atoms with Crippen LogP contribution in [0.2, 0.25) is 0 Å². The van der Waals surface area contributed by atoms with E-state index in [1.807, 2.05) is 7.05 Å². The first-order chi connectivity index (χ1) is 6.88. The average molecular weight is 195 g/mol. The van der Waals surface area contributed by atoms with Gasteiger partial charge in [0.1, 0.15) is 6.10 Å². The Hall–Kier alpha value is -1.20. The minimum atomic E-state index is 0.152. The molecule has 1 saturated heterocycles. The molecular formula is C9H13N3O2. The van der Waals surface area contributed by atoms with E-state index in [0.717, 1.165) is 12.2 Å². The Morgan fingerprint density at radius 3 is 2.86 bits per heavy atom. The Labute approximate surface area is 82.5 Å². The van der Waals surface area contributed by atoms with Gasteiger partial charge in [-0.3, -0.25) is 4.98 Å². The summed E-state index contributed by atoms with van der Waals surface area (Å²) in [7, 11) is 1.87. The van der Waals surface area contributed by atoms with Crippen molar-refractivity contribution in [2.24, 2.45) is 0 Å². The van der Waals surface area contributed by atoms with Gasteiger partial charge in [-0.2, -0.15) is 0 Å². The number of ether oxygens (including phenoxy) is 2. The zero-order chi connectivity index (χ0) is 9.80. The molecule has 14 heavy (non-hydrogen) atoms. The smallest absolute Gasteiger partial charge is 0.232 e. The van der Waals surface area contributed by atoms with Crippen LogP contribution >= 0.6 is 0 Å². The molecule has 0 bridgehead atoms. The molecule has 0 atom stereocenters. The molecule has 2 rings (SSSR count). The van der Waals surface area contributed by atoms with Gasteiger partial charge in [0, 0.05) is 6.54 Å². The van der Waals surface area contributed by atoms with E-state index in [2.05, 4.69) is 15.3 Å². The molecule has 1 aliphatic rings. The second kappa shape index (κ2) is 4.34. The number of hydrogen-bond donors (Lipinski definition) is 1. The first kappa shape index (κ1) is 9.36. The van der Waals surface area contributed by atoms with Crippen LogP contribution in [0.15, 0.2) is 12.4 Å². The molecule has 5 heteroatoms. The summed E-state index contributed by atoms with van der Waals surface area (Å²) in [6, 6.07) is 0. The Morgan fingerprint density at radius 2 is 2.36 bits per heavy atom. The van der Waals surface area contributed by atoms with Crippen LogP contribution in [0.5, 0.6) is 5.88 Å². The number of hydrogen-bond acceptors (Lipinski definition) is 5. The average Bonchev–Trinajstić information content (AvgIpc) is 2.14. The first-order valence-corrected chi connectivity index (χ1v) is 4.58. The molecule has 0 saturated carbocycles. The van der Waals surface area contributed by atoms with Crippen molar-refractivity contribution in [3.8, 4) is 5.88 Å². The van der Waals surface area contributed by atoms with Gasteiger partial charge in [0.15, 0.2) is 0 Å². The molecule has 1 aliphatic heterocycles. The molecule has 5 nitrogen and oxygen atoms in total. The second-order valence-electron chi connectivity index (χ2n) is 3.15. The van der Waals surface area contributed by atoms with E-state index >= 15 is 0 Å². The van der Waals surface area contributed by atoms with Gasteiger partial charge in [0.25, 0.3) is 0 Å². The van der Waals surface area contributed by atoms with Crippen LogP contribution < -0.4 is 10.1 Å². The molecule has 0 radical (unpaired) electrons. The van der Waals surface area contributed by atoms with Gasteiger partial charge >= 0.3 is 0 Å². The van der Waals surface area contributed by atoms with Crippen molar-refractivity contribution in [3.63, 3.8) is 0 Å². The van der Waals surface area contributed by atoms with Crippen molar-refractivity contribution in [1.82, 2.24) is 15.3 Å². The van der Waals surface area contributed by atoms with Gasteiger partial charge in [-0.05, 0) is 7.05 Å². The number of rotatable bonds is 4. The topological polar surface area (TPSA) is 56.3 Å². The van der Waals surface area contributed by atoms with Crippen LogP contribution in [0.3, 0.4) is 0 Å². The van der Waals surface area contributed by atoms with E-state index < -0.39 is 0 Å². The summed E-state index contributed by atoms with van der Waals surface area (Å²) < 4.78 is 10.5. The molecule has 0 spiro atoms. The van der Waals surface area contributed by atoms with Crippen LogP contribution in [0.4, 0.5) is 0 Å². The third kappa shape index (κ3) is 2.18. The van der Waals surface area contributed by atoms with Crippen LogP contribution in [0.1, 0.15) is 5.69 Å². The van der Waals surface area contributed by atoms with E-state index in [-0.39, 0.29) is 6.10 Å². The van der Waals surface area contributed by atoms with Crippen molar-refractivity contribution in [2.45, 2.75) is 12.6 Å². The monoisotopic (exact) mass is 195 g/mol. The van der Waals surface area contributed by atoms with Crippen molar-refractivity contribution in [1.29, 1.82) is 0 Å². The largest absolute Gasteiger partial charge is 0.468 e. The predicted molar refractivity (Wildman–Crippen MR) is 50.0 cm³/mol. The molecule has 1 N–H and O–H groups in total. The SMILES string of the molecule is CNCc1cnc(OC2COC2)cn1. The molecule has 0 aromatic carbocycles. The molecule has 0 amide bonds. The van der Waals surface area contributed by atoms with Crippen LogP contribution in [0.25, 0.3) is 0 Å².